The molecule has 0 unspecified atom stereocenters. The lowest BCUT2D eigenvalue weighted by atomic mass is 10.1. The normalized spacial score (nSPS) is 17.0. The van der Waals surface area contributed by atoms with Crippen LogP contribution in [0, 0.1) is 5.41 Å². The van der Waals surface area contributed by atoms with Gasteiger partial charge in [0.2, 0.25) is 5.88 Å². The van der Waals surface area contributed by atoms with Gasteiger partial charge >= 0.3 is 12.3 Å². The molecule has 3 aromatic heterocycles. The summed E-state index contributed by atoms with van der Waals surface area (Å²) in [5.74, 6) is 0.864. The molecule has 1 aliphatic heterocycles. The zero-order valence-corrected chi connectivity index (χ0v) is 25.5. The summed E-state index contributed by atoms with van der Waals surface area (Å²) in [5.41, 5.74) is 2.61. The number of halogens is 3. The summed E-state index contributed by atoms with van der Waals surface area (Å²) in [6.07, 6.45) is -0.811. The van der Waals surface area contributed by atoms with Crippen LogP contribution in [-0.2, 0) is 17.7 Å². The maximum atomic E-state index is 13.3. The first kappa shape index (κ1) is 30.8. The minimum Gasteiger partial charge on any atom is -0.477 e. The van der Waals surface area contributed by atoms with E-state index >= 15 is 0 Å². The third-order valence-electron chi connectivity index (χ3n) is 8.08. The zero-order chi connectivity index (χ0) is 31.8. The molecule has 1 saturated heterocycles. The Morgan fingerprint density at radius 2 is 1.78 bits per heavy atom. The van der Waals surface area contributed by atoms with E-state index in [1.54, 1.807) is 17.2 Å². The number of amides is 1. The Morgan fingerprint density at radius 1 is 1.00 bits per heavy atom. The number of nitrogens with zero attached hydrogens (tertiary/aromatic N) is 6. The number of rotatable bonds is 8. The number of imidazole rings is 1. The monoisotopic (exact) mass is 623 g/mol. The summed E-state index contributed by atoms with van der Waals surface area (Å²) in [5, 5.41) is 0. The fraction of sp³-hybridized carbons (Fsp3) is 0.469. The molecule has 6 rings (SSSR count). The van der Waals surface area contributed by atoms with Gasteiger partial charge in [-0.25, -0.2) is 19.7 Å². The summed E-state index contributed by atoms with van der Waals surface area (Å²) in [7, 11) is 0. The maximum absolute atomic E-state index is 13.3. The highest BCUT2D eigenvalue weighted by Crippen LogP contribution is 2.57. The highest BCUT2D eigenvalue weighted by Gasteiger charge is 2.64. The van der Waals surface area contributed by atoms with Crippen molar-refractivity contribution in [3.63, 3.8) is 0 Å². The lowest BCUT2D eigenvalue weighted by Gasteiger charge is -2.35. The molecule has 1 amide bonds. The fourth-order valence-electron chi connectivity index (χ4n) is 5.32. The third kappa shape index (κ3) is 7.35. The van der Waals surface area contributed by atoms with E-state index in [0.29, 0.717) is 25.2 Å². The Labute approximate surface area is 259 Å². The van der Waals surface area contributed by atoms with Crippen LogP contribution < -0.4 is 4.74 Å². The van der Waals surface area contributed by atoms with Crippen LogP contribution in [0.25, 0.3) is 22.3 Å². The Bertz CT molecular complexity index is 1670. The number of hydrogen-bond acceptors (Lipinski definition) is 8. The van der Waals surface area contributed by atoms with E-state index in [0.717, 1.165) is 53.3 Å². The second kappa shape index (κ2) is 11.9. The largest absolute Gasteiger partial charge is 0.477 e. The van der Waals surface area contributed by atoms with Crippen molar-refractivity contribution < 1.29 is 27.4 Å². The van der Waals surface area contributed by atoms with Crippen LogP contribution in [0.2, 0.25) is 0 Å². The lowest BCUT2D eigenvalue weighted by Crippen LogP contribution is -2.49. The van der Waals surface area contributed by atoms with E-state index in [1.165, 1.54) is 6.33 Å². The van der Waals surface area contributed by atoms with Crippen LogP contribution in [0.4, 0.5) is 18.0 Å². The minimum atomic E-state index is -4.29. The first-order valence-electron chi connectivity index (χ1n) is 15.0. The number of aromatic nitrogens is 5. The van der Waals surface area contributed by atoms with Gasteiger partial charge in [0, 0.05) is 62.7 Å². The molecule has 1 N–H and O–H groups in total. The van der Waals surface area contributed by atoms with Crippen LogP contribution in [0.3, 0.4) is 0 Å². The predicted octanol–water partition coefficient (Wildman–Crippen LogP) is 5.78. The van der Waals surface area contributed by atoms with Gasteiger partial charge in [-0.3, -0.25) is 9.88 Å². The van der Waals surface area contributed by atoms with Gasteiger partial charge in [-0.15, -0.1) is 0 Å². The van der Waals surface area contributed by atoms with E-state index < -0.39 is 23.8 Å². The molecular formula is C32H36F3N7O3. The van der Waals surface area contributed by atoms with Crippen molar-refractivity contribution in [2.24, 2.45) is 5.41 Å². The number of nitrogens with one attached hydrogen (secondary N) is 1. The van der Waals surface area contributed by atoms with Gasteiger partial charge in [-0.05, 0) is 63.4 Å². The highest BCUT2D eigenvalue weighted by molar-refractivity contribution is 5.81. The molecule has 2 fully saturated rings. The number of carbonyl (C=O) groups excluding carboxylic acids is 1. The van der Waals surface area contributed by atoms with Crippen LogP contribution >= 0.6 is 0 Å². The zero-order valence-electron chi connectivity index (χ0n) is 25.5. The van der Waals surface area contributed by atoms with Crippen molar-refractivity contribution in [1.82, 2.24) is 34.7 Å². The van der Waals surface area contributed by atoms with Gasteiger partial charge in [0.05, 0.1) is 16.7 Å². The molecule has 2 aliphatic rings. The summed E-state index contributed by atoms with van der Waals surface area (Å²) >= 11 is 0. The second-order valence-electron chi connectivity index (χ2n) is 12.8. The van der Waals surface area contributed by atoms with Crippen LogP contribution in [0.5, 0.6) is 5.88 Å². The molecule has 0 atom stereocenters. The van der Waals surface area contributed by atoms with Crippen LogP contribution in [0.1, 0.15) is 50.7 Å². The topological polar surface area (TPSA) is 109 Å². The van der Waals surface area contributed by atoms with E-state index in [2.05, 4.69) is 30.9 Å². The number of fused-ring (bicyclic) bond motifs is 1. The summed E-state index contributed by atoms with van der Waals surface area (Å²) in [6.45, 7) is 8.68. The number of hydrogen-bond donors (Lipinski definition) is 1. The number of pyridine rings is 1. The van der Waals surface area contributed by atoms with Crippen LogP contribution in [-0.4, -0.2) is 85.4 Å². The first-order chi connectivity index (χ1) is 21.4. The number of alkyl halides is 3. The van der Waals surface area contributed by atoms with Gasteiger partial charge in [-0.1, -0.05) is 6.07 Å². The average molecular weight is 624 g/mol. The van der Waals surface area contributed by atoms with Gasteiger partial charge in [0.25, 0.3) is 0 Å². The minimum absolute atomic E-state index is 0.0712. The standard InChI is InChI=1S/C32H36F3N7O3/c1-30(2,3)45-29(43)42-12-10-41(11-13-42)18-21-6-9-36-23(14-21)16-27-39-24-5-4-22(15-26(24)40-27)25-17-28(38-20-37-25)44-19-31(7-8-31)32(33,34)35/h4-6,9,14-15,17,20H,7-8,10-13,16,18-19H2,1-3H3,(H,39,40). The van der Waals surface area contributed by atoms with Crippen molar-refractivity contribution in [1.29, 1.82) is 0 Å². The fourth-order valence-corrected chi connectivity index (χ4v) is 5.32. The van der Waals surface area contributed by atoms with Gasteiger partial charge in [-0.2, -0.15) is 13.2 Å². The Morgan fingerprint density at radius 3 is 2.49 bits per heavy atom. The molecular weight excluding hydrogens is 587 g/mol. The van der Waals surface area contributed by atoms with E-state index in [9.17, 15) is 18.0 Å². The smallest absolute Gasteiger partial charge is 0.410 e. The van der Waals surface area contributed by atoms with Gasteiger partial charge in [0.1, 0.15) is 29.8 Å². The Hall–Kier alpha value is -4.26. The molecule has 238 valence electrons. The predicted molar refractivity (Wildman–Crippen MR) is 160 cm³/mol. The highest BCUT2D eigenvalue weighted by atomic mass is 19.4. The van der Waals surface area contributed by atoms with Crippen molar-refractivity contribution >= 4 is 17.1 Å². The van der Waals surface area contributed by atoms with Crippen molar-refractivity contribution in [2.75, 3.05) is 32.8 Å². The molecule has 10 nitrogen and oxygen atoms in total. The van der Waals surface area contributed by atoms with E-state index in [1.807, 2.05) is 45.0 Å². The third-order valence-corrected chi connectivity index (χ3v) is 8.08. The second-order valence-corrected chi connectivity index (χ2v) is 12.8. The first-order valence-corrected chi connectivity index (χ1v) is 15.0. The Kier molecular flexibility index (Phi) is 8.14. The molecule has 0 spiro atoms. The van der Waals surface area contributed by atoms with Crippen molar-refractivity contribution in [3.05, 3.63) is 66.0 Å². The van der Waals surface area contributed by atoms with Gasteiger partial charge in [0.15, 0.2) is 0 Å². The van der Waals surface area contributed by atoms with E-state index in [4.69, 9.17) is 14.5 Å². The molecule has 1 aliphatic carbocycles. The summed E-state index contributed by atoms with van der Waals surface area (Å²) in [6, 6.07) is 11.3. The number of ether oxygens (including phenoxy) is 2. The van der Waals surface area contributed by atoms with Crippen molar-refractivity contribution in [3.8, 4) is 17.1 Å². The molecule has 45 heavy (non-hydrogen) atoms. The number of aromatic amines is 1. The average Bonchev–Trinajstić information content (AvgIpc) is 3.69. The van der Waals surface area contributed by atoms with E-state index in [-0.39, 0.29) is 24.8 Å². The molecule has 4 aromatic rings. The lowest BCUT2D eigenvalue weighted by molar-refractivity contribution is -0.194. The molecule has 4 heterocycles. The summed E-state index contributed by atoms with van der Waals surface area (Å²) < 4.78 is 50.8. The number of benzene rings is 1. The van der Waals surface area contributed by atoms with Gasteiger partial charge < -0.3 is 19.4 Å². The number of carbonyl (C=O) groups is 1. The molecule has 1 saturated carbocycles. The Balaban J connectivity index is 1.07. The number of H-pyrrole nitrogens is 1. The molecule has 1 aromatic carbocycles. The quantitative estimate of drug-likeness (QED) is 0.263. The maximum Gasteiger partial charge on any atom is 0.410 e. The van der Waals surface area contributed by atoms with Crippen molar-refractivity contribution in [2.45, 2.75) is 58.4 Å². The van der Waals surface area contributed by atoms with Crippen LogP contribution in [0.15, 0.2) is 48.9 Å². The molecule has 13 heteroatoms. The summed E-state index contributed by atoms with van der Waals surface area (Å²) in [4.78, 5) is 37.4. The molecule has 0 radical (unpaired) electrons. The SMILES string of the molecule is CC(C)(C)OC(=O)N1CCN(Cc2ccnc(Cc3nc4ccc(-c5cc(OCC6(C(F)(F)F)CC6)ncn5)cc4[nH]3)c2)CC1. The molecule has 0 bridgehead atoms. The number of piperazine rings is 1.